The first kappa shape index (κ1) is 13.3. The average molecular weight is 281 g/mol. The van der Waals surface area contributed by atoms with Gasteiger partial charge in [0.2, 0.25) is 6.23 Å². The molecular formula is C16H15N3O2. The predicted octanol–water partition coefficient (Wildman–Crippen LogP) is 2.85. The highest BCUT2D eigenvalue weighted by Crippen LogP contribution is 2.23. The van der Waals surface area contributed by atoms with Crippen molar-refractivity contribution in [3.8, 4) is 0 Å². The van der Waals surface area contributed by atoms with Gasteiger partial charge in [-0.15, -0.1) is 5.10 Å². The zero-order valence-corrected chi connectivity index (χ0v) is 11.9. The van der Waals surface area contributed by atoms with E-state index in [0.717, 1.165) is 22.2 Å². The van der Waals surface area contributed by atoms with E-state index in [2.05, 4.69) is 10.3 Å². The summed E-state index contributed by atoms with van der Waals surface area (Å²) < 4.78 is 7.08. The number of aryl methyl sites for hydroxylation is 1. The molecule has 0 radical (unpaired) electrons. The molecule has 0 N–H and O–H groups in total. The fourth-order valence-electron chi connectivity index (χ4n) is 2.21. The Balaban J connectivity index is 2.11. The van der Waals surface area contributed by atoms with Gasteiger partial charge in [-0.1, -0.05) is 47.2 Å². The molecule has 2 aromatic carbocycles. The predicted molar refractivity (Wildman–Crippen MR) is 78.6 cm³/mol. The Morgan fingerprint density at radius 1 is 1.14 bits per heavy atom. The number of fused-ring (bicyclic) bond motifs is 1. The van der Waals surface area contributed by atoms with Crippen LogP contribution in [0.2, 0.25) is 0 Å². The molecule has 1 heterocycles. The van der Waals surface area contributed by atoms with E-state index in [0.29, 0.717) is 0 Å². The normalized spacial score (nSPS) is 12.3. The van der Waals surface area contributed by atoms with Gasteiger partial charge in [-0.25, -0.2) is 4.68 Å². The molecule has 0 saturated heterocycles. The lowest BCUT2D eigenvalue weighted by atomic mass is 10.1. The summed E-state index contributed by atoms with van der Waals surface area (Å²) in [5.74, 6) is -0.361. The van der Waals surface area contributed by atoms with Crippen LogP contribution in [0.1, 0.15) is 24.3 Å². The number of aromatic nitrogens is 3. The average Bonchev–Trinajstić information content (AvgIpc) is 2.89. The molecule has 0 aliphatic heterocycles. The maximum absolute atomic E-state index is 11.4. The molecule has 3 rings (SSSR count). The van der Waals surface area contributed by atoms with Crippen molar-refractivity contribution in [1.82, 2.24) is 15.0 Å². The van der Waals surface area contributed by atoms with Gasteiger partial charge in [0.25, 0.3) is 0 Å². The number of ether oxygens (including phenoxy) is 1. The van der Waals surface area contributed by atoms with Crippen LogP contribution in [-0.4, -0.2) is 21.0 Å². The quantitative estimate of drug-likeness (QED) is 0.693. The van der Waals surface area contributed by atoms with Crippen LogP contribution in [0.15, 0.2) is 48.5 Å². The number of hydrogen-bond acceptors (Lipinski definition) is 4. The SMILES string of the molecule is CC(=O)OC(c1ccc(C)cc1)n1nnc2ccccc21. The first-order valence-electron chi connectivity index (χ1n) is 6.69. The van der Waals surface area contributed by atoms with Crippen molar-refractivity contribution in [3.05, 3.63) is 59.7 Å². The van der Waals surface area contributed by atoms with Crippen molar-refractivity contribution in [2.24, 2.45) is 0 Å². The highest BCUT2D eigenvalue weighted by atomic mass is 16.6. The largest absolute Gasteiger partial charge is 0.435 e. The van der Waals surface area contributed by atoms with E-state index in [1.807, 2.05) is 55.5 Å². The number of para-hydroxylation sites is 1. The standard InChI is InChI=1S/C16H15N3O2/c1-11-7-9-13(10-8-11)16(21-12(2)20)19-15-6-4-3-5-14(15)17-18-19/h3-10,16H,1-2H3. The molecule has 0 amide bonds. The van der Waals surface area contributed by atoms with Gasteiger partial charge in [0.1, 0.15) is 5.52 Å². The topological polar surface area (TPSA) is 57.0 Å². The third kappa shape index (κ3) is 2.63. The number of nitrogens with zero attached hydrogens (tertiary/aromatic N) is 3. The molecule has 21 heavy (non-hydrogen) atoms. The van der Waals surface area contributed by atoms with Crippen LogP contribution in [0, 0.1) is 6.92 Å². The highest BCUT2D eigenvalue weighted by molar-refractivity contribution is 5.74. The van der Waals surface area contributed by atoms with Crippen LogP contribution in [0.3, 0.4) is 0 Å². The van der Waals surface area contributed by atoms with Gasteiger partial charge in [-0.05, 0) is 19.1 Å². The number of hydrogen-bond donors (Lipinski definition) is 0. The Bertz CT molecular complexity index is 778. The summed E-state index contributed by atoms with van der Waals surface area (Å²) in [5, 5.41) is 8.25. The van der Waals surface area contributed by atoms with Crippen LogP contribution in [-0.2, 0) is 9.53 Å². The summed E-state index contributed by atoms with van der Waals surface area (Å²) >= 11 is 0. The highest BCUT2D eigenvalue weighted by Gasteiger charge is 2.20. The summed E-state index contributed by atoms with van der Waals surface area (Å²) in [7, 11) is 0. The molecule has 5 heteroatoms. The summed E-state index contributed by atoms with van der Waals surface area (Å²) in [6, 6.07) is 15.4. The third-order valence-corrected chi connectivity index (χ3v) is 3.24. The second kappa shape index (κ2) is 5.36. The van der Waals surface area contributed by atoms with E-state index < -0.39 is 6.23 Å². The molecule has 0 fully saturated rings. The Morgan fingerprint density at radius 3 is 2.57 bits per heavy atom. The molecule has 0 aliphatic carbocycles. The molecule has 1 atom stereocenters. The number of benzene rings is 2. The Labute approximate surface area is 122 Å². The van der Waals surface area contributed by atoms with Crippen LogP contribution >= 0.6 is 0 Å². The van der Waals surface area contributed by atoms with E-state index in [4.69, 9.17) is 4.74 Å². The first-order valence-corrected chi connectivity index (χ1v) is 6.69. The minimum atomic E-state index is -0.615. The molecule has 5 nitrogen and oxygen atoms in total. The second-order valence-corrected chi connectivity index (χ2v) is 4.90. The Kier molecular flexibility index (Phi) is 3.39. The lowest BCUT2D eigenvalue weighted by molar-refractivity contribution is -0.148. The number of carbonyl (C=O) groups excluding carboxylic acids is 1. The van der Waals surface area contributed by atoms with Gasteiger partial charge in [0.15, 0.2) is 0 Å². The molecular weight excluding hydrogens is 266 g/mol. The van der Waals surface area contributed by atoms with E-state index in [1.54, 1.807) is 4.68 Å². The van der Waals surface area contributed by atoms with E-state index >= 15 is 0 Å². The third-order valence-electron chi connectivity index (χ3n) is 3.24. The molecule has 0 aliphatic rings. The van der Waals surface area contributed by atoms with Crippen molar-refractivity contribution in [3.63, 3.8) is 0 Å². The fourth-order valence-corrected chi connectivity index (χ4v) is 2.21. The van der Waals surface area contributed by atoms with Crippen LogP contribution in [0.25, 0.3) is 11.0 Å². The Hall–Kier alpha value is -2.69. The summed E-state index contributed by atoms with van der Waals surface area (Å²) in [6.07, 6.45) is -0.615. The van der Waals surface area contributed by atoms with Crippen molar-refractivity contribution < 1.29 is 9.53 Å². The lowest BCUT2D eigenvalue weighted by Gasteiger charge is -2.18. The van der Waals surface area contributed by atoms with E-state index in [9.17, 15) is 4.79 Å². The van der Waals surface area contributed by atoms with Gasteiger partial charge in [-0.2, -0.15) is 0 Å². The van der Waals surface area contributed by atoms with Gasteiger partial charge in [0.05, 0.1) is 5.52 Å². The van der Waals surface area contributed by atoms with Gasteiger partial charge >= 0.3 is 5.97 Å². The molecule has 106 valence electrons. The van der Waals surface area contributed by atoms with Crippen molar-refractivity contribution >= 4 is 17.0 Å². The summed E-state index contributed by atoms with van der Waals surface area (Å²) in [6.45, 7) is 3.40. The maximum Gasteiger partial charge on any atom is 0.304 e. The van der Waals surface area contributed by atoms with Crippen LogP contribution in [0.4, 0.5) is 0 Å². The van der Waals surface area contributed by atoms with Gasteiger partial charge < -0.3 is 4.74 Å². The molecule has 1 unspecified atom stereocenters. The van der Waals surface area contributed by atoms with Crippen molar-refractivity contribution in [2.75, 3.05) is 0 Å². The van der Waals surface area contributed by atoms with Crippen molar-refractivity contribution in [2.45, 2.75) is 20.1 Å². The van der Waals surface area contributed by atoms with E-state index in [1.165, 1.54) is 6.92 Å². The monoisotopic (exact) mass is 281 g/mol. The van der Waals surface area contributed by atoms with Gasteiger partial charge in [-0.3, -0.25) is 4.79 Å². The number of carbonyl (C=O) groups is 1. The zero-order chi connectivity index (χ0) is 14.8. The minimum absolute atomic E-state index is 0.361. The second-order valence-electron chi connectivity index (χ2n) is 4.90. The zero-order valence-electron chi connectivity index (χ0n) is 11.9. The Morgan fingerprint density at radius 2 is 1.86 bits per heavy atom. The molecule has 0 spiro atoms. The van der Waals surface area contributed by atoms with Crippen molar-refractivity contribution in [1.29, 1.82) is 0 Å². The van der Waals surface area contributed by atoms with Crippen LogP contribution in [0.5, 0.6) is 0 Å². The van der Waals surface area contributed by atoms with E-state index in [-0.39, 0.29) is 5.97 Å². The molecule has 1 aromatic heterocycles. The summed E-state index contributed by atoms with van der Waals surface area (Å²) in [4.78, 5) is 11.4. The molecule has 0 saturated carbocycles. The molecule has 0 bridgehead atoms. The smallest absolute Gasteiger partial charge is 0.304 e. The number of rotatable bonds is 3. The van der Waals surface area contributed by atoms with Crippen LogP contribution < -0.4 is 0 Å². The van der Waals surface area contributed by atoms with Gasteiger partial charge in [0, 0.05) is 12.5 Å². The minimum Gasteiger partial charge on any atom is -0.435 e. The molecule has 3 aromatic rings. The number of esters is 1. The maximum atomic E-state index is 11.4. The first-order chi connectivity index (χ1) is 10.1. The summed E-state index contributed by atoms with van der Waals surface area (Å²) in [5.41, 5.74) is 3.58. The lowest BCUT2D eigenvalue weighted by Crippen LogP contribution is -2.18. The fraction of sp³-hybridized carbons (Fsp3) is 0.188.